The molecule has 0 radical (unpaired) electrons. The maximum absolute atomic E-state index is 8.36. The van der Waals surface area contributed by atoms with Crippen molar-refractivity contribution in [2.24, 2.45) is 5.92 Å². The molecule has 6 rings (SSSR count). The minimum absolute atomic E-state index is 0.241. The highest BCUT2D eigenvalue weighted by Crippen LogP contribution is 2.36. The van der Waals surface area contributed by atoms with Crippen molar-refractivity contribution in [1.82, 2.24) is 24.1 Å². The van der Waals surface area contributed by atoms with Gasteiger partial charge in [0.1, 0.15) is 17.1 Å². The van der Waals surface area contributed by atoms with Crippen LogP contribution in [0.15, 0.2) is 30.5 Å². The van der Waals surface area contributed by atoms with Crippen LogP contribution in [0, 0.1) is 5.92 Å². The van der Waals surface area contributed by atoms with Gasteiger partial charge in [-0.05, 0) is 55.0 Å². The summed E-state index contributed by atoms with van der Waals surface area (Å²) in [7, 11) is 0. The van der Waals surface area contributed by atoms with Crippen LogP contribution in [0.2, 0.25) is 5.28 Å². The fourth-order valence-electron chi connectivity index (χ4n) is 3.86. The van der Waals surface area contributed by atoms with E-state index in [1.54, 1.807) is 4.52 Å². The van der Waals surface area contributed by atoms with Gasteiger partial charge in [0.05, 0.1) is 12.1 Å². The summed E-state index contributed by atoms with van der Waals surface area (Å²) >= 11 is 5.94. The van der Waals surface area contributed by atoms with Crippen LogP contribution in [0.4, 0.5) is 5.69 Å². The van der Waals surface area contributed by atoms with Crippen LogP contribution in [0.25, 0.3) is 28.1 Å². The summed E-state index contributed by atoms with van der Waals surface area (Å²) < 4.78 is 10.0. The Morgan fingerprint density at radius 1 is 1.29 bits per heavy atom. The lowest BCUT2D eigenvalue weighted by molar-refractivity contribution is -0.122. The maximum atomic E-state index is 8.36. The van der Waals surface area contributed by atoms with Crippen LogP contribution in [-0.2, 0) is 11.3 Å². The number of rotatable bonds is 4. The van der Waals surface area contributed by atoms with E-state index < -0.39 is 0 Å². The van der Waals surface area contributed by atoms with Gasteiger partial charge >= 0.3 is 0 Å². The molecule has 160 valence electrons. The maximum Gasteiger partial charge on any atom is 0.290 e. The molecular formula is C21H21ClN6O3. The van der Waals surface area contributed by atoms with E-state index in [1.165, 1.54) is 12.8 Å². The highest BCUT2D eigenvalue weighted by molar-refractivity contribution is 6.28. The highest BCUT2D eigenvalue weighted by atomic mass is 35.5. The van der Waals surface area contributed by atoms with E-state index in [-0.39, 0.29) is 11.8 Å². The van der Waals surface area contributed by atoms with E-state index in [9.17, 15) is 0 Å². The lowest BCUT2D eigenvalue weighted by Gasteiger charge is -2.10. The zero-order valence-electron chi connectivity index (χ0n) is 16.7. The van der Waals surface area contributed by atoms with Crippen molar-refractivity contribution in [3.8, 4) is 17.1 Å². The first kappa shape index (κ1) is 19.6. The summed E-state index contributed by atoms with van der Waals surface area (Å²) in [6.45, 7) is 2.34. The Hall–Kier alpha value is -3.33. The van der Waals surface area contributed by atoms with Crippen molar-refractivity contribution in [2.75, 3.05) is 18.5 Å². The Labute approximate surface area is 182 Å². The van der Waals surface area contributed by atoms with Gasteiger partial charge < -0.3 is 19.7 Å². The van der Waals surface area contributed by atoms with Gasteiger partial charge in [0.2, 0.25) is 5.28 Å². The second-order valence-electron chi connectivity index (χ2n) is 7.66. The number of nitrogens with zero attached hydrogens (tertiary/aromatic N) is 5. The van der Waals surface area contributed by atoms with Gasteiger partial charge in [-0.1, -0.05) is 0 Å². The van der Waals surface area contributed by atoms with Crippen molar-refractivity contribution >= 4 is 40.4 Å². The number of anilines is 1. The number of aromatic nitrogens is 5. The van der Waals surface area contributed by atoms with Crippen LogP contribution < -0.4 is 10.1 Å². The molecule has 1 aliphatic heterocycles. The van der Waals surface area contributed by atoms with E-state index in [1.807, 2.05) is 18.3 Å². The second-order valence-corrected chi connectivity index (χ2v) is 8.00. The zero-order chi connectivity index (χ0) is 21.4. The molecule has 0 saturated heterocycles. The van der Waals surface area contributed by atoms with Gasteiger partial charge in [0.15, 0.2) is 5.65 Å². The normalized spacial score (nSPS) is 15.1. The molecule has 1 saturated carbocycles. The predicted molar refractivity (Wildman–Crippen MR) is 117 cm³/mol. The topological polar surface area (TPSA) is 107 Å². The van der Waals surface area contributed by atoms with E-state index in [0.717, 1.165) is 64.9 Å². The molecule has 0 atom stereocenters. The van der Waals surface area contributed by atoms with Crippen LogP contribution in [0.1, 0.15) is 19.3 Å². The van der Waals surface area contributed by atoms with Crippen molar-refractivity contribution in [2.45, 2.75) is 25.8 Å². The number of ether oxygens (including phenoxy) is 1. The summed E-state index contributed by atoms with van der Waals surface area (Å²) in [5, 5.41) is 14.9. The molecule has 1 aromatic carbocycles. The minimum atomic E-state index is -0.250. The summed E-state index contributed by atoms with van der Waals surface area (Å²) in [6.07, 6.45) is 5.52. The first-order valence-electron chi connectivity index (χ1n) is 10.2. The number of pyridine rings is 1. The zero-order valence-corrected chi connectivity index (χ0v) is 17.4. The average Bonchev–Trinajstić information content (AvgIpc) is 3.45. The Kier molecular flexibility index (Phi) is 5.11. The van der Waals surface area contributed by atoms with Crippen molar-refractivity contribution < 1.29 is 14.6 Å². The highest BCUT2D eigenvalue weighted by Gasteiger charge is 2.23. The summed E-state index contributed by atoms with van der Waals surface area (Å²) in [5.74, 6) is 2.62. The molecule has 0 unspecified atom stereocenters. The molecule has 4 aromatic rings. The Morgan fingerprint density at radius 3 is 2.94 bits per heavy atom. The van der Waals surface area contributed by atoms with Gasteiger partial charge in [-0.15, -0.1) is 5.10 Å². The fraction of sp³-hybridized carbons (Fsp3) is 0.333. The van der Waals surface area contributed by atoms with Crippen LogP contribution in [0.5, 0.6) is 5.75 Å². The van der Waals surface area contributed by atoms with Crippen LogP contribution in [-0.4, -0.2) is 48.9 Å². The van der Waals surface area contributed by atoms with Gasteiger partial charge in [-0.2, -0.15) is 4.98 Å². The number of nitrogens with one attached hydrogen (secondary N) is 1. The van der Waals surface area contributed by atoms with Crippen LogP contribution in [0.3, 0.4) is 0 Å². The molecule has 9 nitrogen and oxygen atoms in total. The second kappa shape index (κ2) is 8.07. The summed E-state index contributed by atoms with van der Waals surface area (Å²) in [6, 6.07) is 8.17. The van der Waals surface area contributed by atoms with Gasteiger partial charge in [0.25, 0.3) is 6.47 Å². The summed E-state index contributed by atoms with van der Waals surface area (Å²) in [4.78, 5) is 17.5. The first-order chi connectivity index (χ1) is 15.2. The lowest BCUT2D eigenvalue weighted by atomic mass is 10.2. The molecule has 2 aliphatic rings. The number of hydrogen-bond donors (Lipinski definition) is 2. The number of carboxylic acid groups (broad SMARTS) is 1. The van der Waals surface area contributed by atoms with E-state index in [0.29, 0.717) is 6.61 Å². The van der Waals surface area contributed by atoms with Crippen molar-refractivity contribution in [3.63, 3.8) is 0 Å². The minimum Gasteiger partial charge on any atom is -0.491 e. The molecular weight excluding hydrogens is 420 g/mol. The Bertz CT molecular complexity index is 1260. The van der Waals surface area contributed by atoms with E-state index in [4.69, 9.17) is 31.2 Å². The van der Waals surface area contributed by atoms with E-state index >= 15 is 0 Å². The van der Waals surface area contributed by atoms with Crippen molar-refractivity contribution in [3.05, 3.63) is 35.7 Å². The predicted octanol–water partition coefficient (Wildman–Crippen LogP) is 3.70. The largest absolute Gasteiger partial charge is 0.491 e. The number of hydrogen-bond acceptors (Lipinski definition) is 6. The number of aryl methyl sites for hydroxylation is 1. The Balaban J connectivity index is 0.000000646. The quantitative estimate of drug-likeness (QED) is 0.466. The molecule has 3 aromatic heterocycles. The third-order valence-electron chi connectivity index (χ3n) is 5.45. The molecule has 0 bridgehead atoms. The SMILES string of the molecule is Clc1nc2ccc(-c3nc4cc(NCC5CC5)cc5c4n3CCCO5)cn2n1.O=CO. The third-order valence-corrected chi connectivity index (χ3v) is 5.61. The molecule has 1 aliphatic carbocycles. The number of carbonyl (C=O) groups is 1. The van der Waals surface area contributed by atoms with Gasteiger partial charge in [0, 0.05) is 36.6 Å². The molecule has 0 amide bonds. The third kappa shape index (κ3) is 3.88. The Morgan fingerprint density at radius 2 is 2.13 bits per heavy atom. The molecule has 1 fully saturated rings. The summed E-state index contributed by atoms with van der Waals surface area (Å²) in [5.41, 5.74) is 4.78. The average molecular weight is 441 g/mol. The number of benzene rings is 1. The fourth-order valence-corrected chi connectivity index (χ4v) is 4.03. The van der Waals surface area contributed by atoms with Crippen LogP contribution >= 0.6 is 11.6 Å². The van der Waals surface area contributed by atoms with Gasteiger partial charge in [-0.25, -0.2) is 9.50 Å². The van der Waals surface area contributed by atoms with Crippen molar-refractivity contribution in [1.29, 1.82) is 0 Å². The number of fused-ring (bicyclic) bond motifs is 1. The molecule has 4 heterocycles. The number of halogens is 1. The monoisotopic (exact) mass is 440 g/mol. The van der Waals surface area contributed by atoms with Gasteiger partial charge in [-0.3, -0.25) is 4.79 Å². The standard InChI is InChI=1S/C20H19ClN6O.CH2O2/c21-20-24-17-5-4-13(11-27(17)25-20)19-23-15-8-14(22-10-12-2-3-12)9-16-18(15)26(19)6-1-7-28-16;2-1-3/h4-5,8-9,11-12,22H,1-3,6-7,10H2;1H,(H,2,3). The van der Waals surface area contributed by atoms with E-state index in [2.05, 4.69) is 32.1 Å². The lowest BCUT2D eigenvalue weighted by Crippen LogP contribution is -2.03. The molecule has 2 N–H and O–H groups in total. The smallest absolute Gasteiger partial charge is 0.290 e. The molecule has 31 heavy (non-hydrogen) atoms. The number of imidazole rings is 1. The molecule has 10 heteroatoms. The first-order valence-corrected chi connectivity index (χ1v) is 10.5. The molecule has 0 spiro atoms.